The summed E-state index contributed by atoms with van der Waals surface area (Å²) in [5.41, 5.74) is 2.43. The van der Waals surface area contributed by atoms with Crippen molar-refractivity contribution in [2.45, 2.75) is 103 Å². The highest BCUT2D eigenvalue weighted by atomic mass is 32.1. The molecule has 0 unspecified atom stereocenters. The number of unbranched alkanes of at least 4 members (excludes halogenated alkanes) is 6. The predicted molar refractivity (Wildman–Crippen MR) is 314 cm³/mol. The molecule has 8 rings (SSSR count). The lowest BCUT2D eigenvalue weighted by atomic mass is 10.2. The van der Waals surface area contributed by atoms with Crippen LogP contribution in [-0.2, 0) is 8.85 Å². The van der Waals surface area contributed by atoms with Crippen molar-refractivity contribution in [2.24, 2.45) is 0 Å². The standard InChI is InChI=1S/C64H74O4S2Si2/c1-63(2,3)71(55-27-15-11-16-28-55,56-29-17-12-18-30-56)67-49-25-9-7-23-47-65-53-39-35-51(36-40-53)59-43-45-61(69-59)62-46-44-60(70-62)52-37-41-54(42-38-52)66-48-24-8-10-26-50-68-72(64(4,5)6,57-31-19-13-20-32-57)58-33-21-14-22-34-58/h11-22,27-46H,7-10,23-26,47-50H2,1-6H3. The molecule has 8 heteroatoms. The molecular weight excluding hydrogens is 953 g/mol. The zero-order chi connectivity index (χ0) is 50.3. The van der Waals surface area contributed by atoms with Crippen LogP contribution < -0.4 is 30.2 Å². The minimum Gasteiger partial charge on any atom is -0.494 e. The van der Waals surface area contributed by atoms with Gasteiger partial charge in [0.25, 0.3) is 16.6 Å². The van der Waals surface area contributed by atoms with E-state index < -0.39 is 16.6 Å². The third-order valence-electron chi connectivity index (χ3n) is 13.8. The Bertz CT molecular complexity index is 2540. The Morgan fingerprint density at radius 2 is 0.583 bits per heavy atom. The van der Waals surface area contributed by atoms with Gasteiger partial charge >= 0.3 is 0 Å². The molecule has 374 valence electrons. The van der Waals surface area contributed by atoms with E-state index in [-0.39, 0.29) is 10.1 Å². The smallest absolute Gasteiger partial charge is 0.261 e. The molecular formula is C64H74O4S2Si2. The Kier molecular flexibility index (Phi) is 18.4. The molecule has 0 saturated carbocycles. The molecule has 0 N–H and O–H groups in total. The Balaban J connectivity index is 0.734. The van der Waals surface area contributed by atoms with Gasteiger partial charge in [0, 0.05) is 32.7 Å². The van der Waals surface area contributed by atoms with Crippen molar-refractivity contribution >= 4 is 60.1 Å². The second-order valence-electron chi connectivity index (χ2n) is 20.9. The van der Waals surface area contributed by atoms with Gasteiger partial charge in [-0.1, -0.05) is 176 Å². The van der Waals surface area contributed by atoms with Crippen molar-refractivity contribution in [3.8, 4) is 42.1 Å². The average molecular weight is 1030 g/mol. The summed E-state index contributed by atoms with van der Waals surface area (Å²) in [6.45, 7) is 17.0. The molecule has 0 saturated heterocycles. The van der Waals surface area contributed by atoms with Crippen molar-refractivity contribution in [3.63, 3.8) is 0 Å². The quantitative estimate of drug-likeness (QED) is 0.0422. The Labute approximate surface area is 441 Å². The fraction of sp³-hybridized carbons (Fsp3) is 0.312. The van der Waals surface area contributed by atoms with Crippen LogP contribution in [0.25, 0.3) is 30.6 Å². The second kappa shape index (κ2) is 25.1. The van der Waals surface area contributed by atoms with Crippen molar-refractivity contribution in [2.75, 3.05) is 26.4 Å². The molecule has 0 fully saturated rings. The van der Waals surface area contributed by atoms with Gasteiger partial charge in [-0.25, -0.2) is 0 Å². The number of rotatable bonds is 25. The molecule has 0 atom stereocenters. The number of ether oxygens (including phenoxy) is 2. The first-order valence-electron chi connectivity index (χ1n) is 26.1. The first kappa shape index (κ1) is 53.0. The lowest BCUT2D eigenvalue weighted by Crippen LogP contribution is -2.66. The van der Waals surface area contributed by atoms with Crippen LogP contribution in [0.5, 0.6) is 11.5 Å². The molecule has 0 bridgehead atoms. The van der Waals surface area contributed by atoms with E-state index in [0.29, 0.717) is 0 Å². The van der Waals surface area contributed by atoms with Gasteiger partial charge in [-0.2, -0.15) is 0 Å². The van der Waals surface area contributed by atoms with Gasteiger partial charge in [0.1, 0.15) is 11.5 Å². The van der Waals surface area contributed by atoms with Crippen LogP contribution in [0.4, 0.5) is 0 Å². The van der Waals surface area contributed by atoms with Crippen molar-refractivity contribution in [3.05, 3.63) is 194 Å². The largest absolute Gasteiger partial charge is 0.494 e. The summed E-state index contributed by atoms with van der Waals surface area (Å²) < 4.78 is 26.6. The van der Waals surface area contributed by atoms with E-state index in [4.69, 9.17) is 18.3 Å². The molecule has 0 aliphatic carbocycles. The second-order valence-corrected chi connectivity index (χ2v) is 31.7. The van der Waals surface area contributed by atoms with Crippen LogP contribution in [0, 0.1) is 0 Å². The van der Waals surface area contributed by atoms with Crippen LogP contribution in [-0.4, -0.2) is 43.1 Å². The molecule has 0 aliphatic heterocycles. The van der Waals surface area contributed by atoms with Crippen LogP contribution in [0.2, 0.25) is 10.1 Å². The number of hydrogen-bond acceptors (Lipinski definition) is 6. The van der Waals surface area contributed by atoms with Gasteiger partial charge in [-0.3, -0.25) is 0 Å². The number of hydrogen-bond donors (Lipinski definition) is 0. The number of benzene rings is 6. The van der Waals surface area contributed by atoms with E-state index in [2.05, 4.69) is 236 Å². The summed E-state index contributed by atoms with van der Waals surface area (Å²) in [7, 11) is -4.96. The average Bonchev–Trinajstić information content (AvgIpc) is 4.10. The van der Waals surface area contributed by atoms with Gasteiger partial charge in [-0.05, 0) is 153 Å². The van der Waals surface area contributed by atoms with Gasteiger partial charge in [0.15, 0.2) is 0 Å². The van der Waals surface area contributed by atoms with Gasteiger partial charge in [0.2, 0.25) is 0 Å². The Morgan fingerprint density at radius 1 is 0.306 bits per heavy atom. The summed E-state index contributed by atoms with van der Waals surface area (Å²) in [5, 5.41) is 5.36. The van der Waals surface area contributed by atoms with Gasteiger partial charge in [-0.15, -0.1) is 22.7 Å². The van der Waals surface area contributed by atoms with Crippen molar-refractivity contribution < 1.29 is 18.3 Å². The first-order chi connectivity index (χ1) is 35.0. The van der Waals surface area contributed by atoms with E-state index >= 15 is 0 Å². The fourth-order valence-electron chi connectivity index (χ4n) is 10.2. The Hall–Kier alpha value is -5.33. The fourth-order valence-corrected chi connectivity index (χ4v) is 21.5. The summed E-state index contributed by atoms with van der Waals surface area (Å²) in [6, 6.07) is 69.9. The van der Waals surface area contributed by atoms with Crippen LogP contribution in [0.1, 0.15) is 92.9 Å². The maximum absolute atomic E-state index is 7.09. The summed E-state index contributed by atoms with van der Waals surface area (Å²) in [5.74, 6) is 1.85. The molecule has 72 heavy (non-hydrogen) atoms. The third kappa shape index (κ3) is 12.9. The van der Waals surface area contributed by atoms with Crippen molar-refractivity contribution in [1.29, 1.82) is 0 Å². The minimum atomic E-state index is -2.48. The van der Waals surface area contributed by atoms with E-state index in [0.717, 1.165) is 89.3 Å². The lowest BCUT2D eigenvalue weighted by molar-refractivity contribution is 0.277. The molecule has 8 aromatic rings. The molecule has 0 radical (unpaired) electrons. The summed E-state index contributed by atoms with van der Waals surface area (Å²) in [6.07, 6.45) is 8.63. The first-order valence-corrected chi connectivity index (χ1v) is 31.6. The minimum absolute atomic E-state index is 0.000437. The normalized spacial score (nSPS) is 12.2. The maximum atomic E-state index is 7.09. The molecule has 6 aromatic carbocycles. The molecule has 2 aromatic heterocycles. The maximum Gasteiger partial charge on any atom is 0.261 e. The topological polar surface area (TPSA) is 36.9 Å². The van der Waals surface area contributed by atoms with Gasteiger partial charge in [0.05, 0.1) is 13.2 Å². The highest BCUT2D eigenvalue weighted by molar-refractivity contribution is 7.25. The molecule has 2 heterocycles. The highest BCUT2D eigenvalue weighted by Gasteiger charge is 2.51. The highest BCUT2D eigenvalue weighted by Crippen LogP contribution is 2.42. The molecule has 0 amide bonds. The molecule has 0 spiro atoms. The van der Waals surface area contributed by atoms with Gasteiger partial charge < -0.3 is 18.3 Å². The number of thiophene rings is 2. The zero-order valence-corrected chi connectivity index (χ0v) is 47.0. The SMILES string of the molecule is CC(C)(C)[Si](OCCCCCCOc1ccc(-c2ccc(-c3ccc(-c4ccc(OCCCCCCO[Si](c5ccccc5)(c5ccccc5)C(C)(C)C)cc4)s3)s2)cc1)(c1ccccc1)c1ccccc1. The van der Waals surface area contributed by atoms with E-state index in [1.54, 1.807) is 0 Å². The predicted octanol–water partition coefficient (Wildman–Crippen LogP) is 15.8. The summed E-state index contributed by atoms with van der Waals surface area (Å²) in [4.78, 5) is 5.09. The van der Waals surface area contributed by atoms with Crippen LogP contribution in [0.15, 0.2) is 194 Å². The van der Waals surface area contributed by atoms with Crippen molar-refractivity contribution in [1.82, 2.24) is 0 Å². The lowest BCUT2D eigenvalue weighted by Gasteiger charge is -2.43. The zero-order valence-electron chi connectivity index (χ0n) is 43.4. The third-order valence-corrected chi connectivity index (χ3v) is 26.4. The van der Waals surface area contributed by atoms with Crippen LogP contribution in [0.3, 0.4) is 0 Å². The summed E-state index contributed by atoms with van der Waals surface area (Å²) >= 11 is 3.68. The van der Waals surface area contributed by atoms with E-state index in [1.165, 1.54) is 51.4 Å². The van der Waals surface area contributed by atoms with E-state index in [1.807, 2.05) is 22.7 Å². The Morgan fingerprint density at radius 3 is 0.875 bits per heavy atom. The monoisotopic (exact) mass is 1030 g/mol. The van der Waals surface area contributed by atoms with Crippen LogP contribution >= 0.6 is 22.7 Å². The molecule has 4 nitrogen and oxygen atoms in total. The van der Waals surface area contributed by atoms with E-state index in [9.17, 15) is 0 Å². The molecule has 0 aliphatic rings.